The van der Waals surface area contributed by atoms with Crippen LogP contribution in [0.4, 0.5) is 0 Å². The van der Waals surface area contributed by atoms with E-state index < -0.39 is 5.97 Å². The topological polar surface area (TPSA) is 58.6 Å². The Hall–Kier alpha value is -1.55. The first-order valence-electron chi connectivity index (χ1n) is 5.97. The van der Waals surface area contributed by atoms with Crippen molar-refractivity contribution < 1.29 is 14.6 Å². The molecule has 1 saturated heterocycles. The van der Waals surface area contributed by atoms with Gasteiger partial charge >= 0.3 is 5.97 Å². The molecule has 17 heavy (non-hydrogen) atoms. The van der Waals surface area contributed by atoms with E-state index in [-0.39, 0.29) is 11.7 Å². The molecule has 0 bridgehead atoms. The molecule has 4 nitrogen and oxygen atoms in total. The fraction of sp³-hybridized carbons (Fsp3) is 0.462. The Morgan fingerprint density at radius 2 is 2.12 bits per heavy atom. The minimum atomic E-state index is -0.938. The van der Waals surface area contributed by atoms with Crippen molar-refractivity contribution in [2.24, 2.45) is 0 Å². The van der Waals surface area contributed by atoms with E-state index in [2.05, 4.69) is 5.32 Å². The van der Waals surface area contributed by atoms with Crippen molar-refractivity contribution in [2.75, 3.05) is 13.1 Å². The van der Waals surface area contributed by atoms with Crippen LogP contribution < -0.4 is 10.1 Å². The molecule has 0 radical (unpaired) electrons. The van der Waals surface area contributed by atoms with E-state index in [9.17, 15) is 4.79 Å². The monoisotopic (exact) mass is 235 g/mol. The fourth-order valence-electron chi connectivity index (χ4n) is 2.03. The number of ether oxygens (including phenoxy) is 1. The maximum absolute atomic E-state index is 11.0. The molecule has 1 aliphatic heterocycles. The molecule has 1 aliphatic rings. The van der Waals surface area contributed by atoms with E-state index >= 15 is 0 Å². The molecule has 0 aliphatic carbocycles. The number of carboxylic acid groups (broad SMARTS) is 1. The molecule has 0 amide bonds. The van der Waals surface area contributed by atoms with E-state index in [0.717, 1.165) is 32.4 Å². The molecule has 0 aromatic heterocycles. The van der Waals surface area contributed by atoms with Gasteiger partial charge in [-0.3, -0.25) is 0 Å². The number of carboxylic acids is 1. The van der Waals surface area contributed by atoms with Crippen LogP contribution in [0.2, 0.25) is 0 Å². The second-order valence-electron chi connectivity index (χ2n) is 4.22. The third-order valence-electron chi connectivity index (χ3n) is 2.93. The zero-order valence-corrected chi connectivity index (χ0v) is 9.69. The third kappa shape index (κ3) is 3.20. The van der Waals surface area contributed by atoms with Gasteiger partial charge in [0, 0.05) is 0 Å². The lowest BCUT2D eigenvalue weighted by Gasteiger charge is -2.17. The van der Waals surface area contributed by atoms with Crippen molar-refractivity contribution >= 4 is 5.97 Å². The summed E-state index contributed by atoms with van der Waals surface area (Å²) in [4.78, 5) is 11.0. The molecular formula is C13H17NO3. The Labute approximate surface area is 101 Å². The van der Waals surface area contributed by atoms with Crippen molar-refractivity contribution in [3.63, 3.8) is 0 Å². The average Bonchev–Trinajstić information content (AvgIpc) is 2.58. The lowest BCUT2D eigenvalue weighted by molar-refractivity contribution is 0.0688. The number of rotatable bonds is 3. The van der Waals surface area contributed by atoms with Crippen molar-refractivity contribution in [3.05, 3.63) is 29.8 Å². The van der Waals surface area contributed by atoms with E-state index in [1.54, 1.807) is 24.3 Å². The Kier molecular flexibility index (Phi) is 3.98. The van der Waals surface area contributed by atoms with Gasteiger partial charge in [-0.2, -0.15) is 0 Å². The van der Waals surface area contributed by atoms with Crippen LogP contribution in [0, 0.1) is 0 Å². The summed E-state index contributed by atoms with van der Waals surface area (Å²) in [5.41, 5.74) is 0.240. The molecule has 0 spiro atoms. The van der Waals surface area contributed by atoms with Gasteiger partial charge in [-0.05, 0) is 44.5 Å². The van der Waals surface area contributed by atoms with Gasteiger partial charge in [0.25, 0.3) is 0 Å². The summed E-state index contributed by atoms with van der Waals surface area (Å²) in [6.07, 6.45) is 3.08. The maximum atomic E-state index is 11.0. The van der Waals surface area contributed by atoms with Crippen LogP contribution in [0.5, 0.6) is 5.75 Å². The zero-order valence-electron chi connectivity index (χ0n) is 9.69. The molecule has 1 fully saturated rings. The largest absolute Gasteiger partial charge is 0.489 e. The highest BCUT2D eigenvalue weighted by atomic mass is 16.5. The summed E-state index contributed by atoms with van der Waals surface area (Å²) in [5.74, 6) is -0.459. The quantitative estimate of drug-likeness (QED) is 0.840. The predicted octanol–water partition coefficient (Wildman–Crippen LogP) is 1.91. The number of hydrogen-bond donors (Lipinski definition) is 2. The van der Waals surface area contributed by atoms with E-state index in [0.29, 0.717) is 5.75 Å². The van der Waals surface area contributed by atoms with Gasteiger partial charge < -0.3 is 15.2 Å². The van der Waals surface area contributed by atoms with Crippen LogP contribution in [0.1, 0.15) is 29.6 Å². The smallest absolute Gasteiger partial charge is 0.339 e. The van der Waals surface area contributed by atoms with Gasteiger partial charge in [-0.25, -0.2) is 4.79 Å². The summed E-state index contributed by atoms with van der Waals surface area (Å²) in [7, 11) is 0. The minimum absolute atomic E-state index is 0.116. The predicted molar refractivity (Wildman–Crippen MR) is 64.5 cm³/mol. The standard InChI is InChI=1S/C13H17NO3/c15-13(16)11-5-1-2-6-12(11)17-10-4-3-8-14-9-7-10/h1-2,5-6,10,14H,3-4,7-9H2,(H,15,16). The number of aromatic carboxylic acids is 1. The van der Waals surface area contributed by atoms with Gasteiger partial charge in [0.15, 0.2) is 0 Å². The molecule has 4 heteroatoms. The summed E-state index contributed by atoms with van der Waals surface area (Å²) in [6.45, 7) is 1.94. The SMILES string of the molecule is O=C(O)c1ccccc1OC1CCCNCC1. The highest BCUT2D eigenvalue weighted by Crippen LogP contribution is 2.22. The Morgan fingerprint density at radius 1 is 1.29 bits per heavy atom. The van der Waals surface area contributed by atoms with Crippen LogP contribution in [0.3, 0.4) is 0 Å². The number of hydrogen-bond acceptors (Lipinski definition) is 3. The van der Waals surface area contributed by atoms with Crippen molar-refractivity contribution in [2.45, 2.75) is 25.4 Å². The van der Waals surface area contributed by atoms with Gasteiger partial charge in [0.1, 0.15) is 11.3 Å². The number of carbonyl (C=O) groups is 1. The molecule has 1 heterocycles. The van der Waals surface area contributed by atoms with Crippen LogP contribution in [0.15, 0.2) is 24.3 Å². The average molecular weight is 235 g/mol. The van der Waals surface area contributed by atoms with E-state index in [1.807, 2.05) is 0 Å². The van der Waals surface area contributed by atoms with Crippen LogP contribution in [-0.2, 0) is 0 Å². The van der Waals surface area contributed by atoms with Gasteiger partial charge in [0.2, 0.25) is 0 Å². The normalized spacial score (nSPS) is 20.6. The Balaban J connectivity index is 2.09. The fourth-order valence-corrected chi connectivity index (χ4v) is 2.03. The molecular weight excluding hydrogens is 218 g/mol. The summed E-state index contributed by atoms with van der Waals surface area (Å²) in [6, 6.07) is 6.82. The first-order chi connectivity index (χ1) is 8.27. The first-order valence-corrected chi connectivity index (χ1v) is 5.97. The maximum Gasteiger partial charge on any atom is 0.339 e. The van der Waals surface area contributed by atoms with Crippen molar-refractivity contribution in [3.8, 4) is 5.75 Å². The Bertz CT molecular complexity index is 384. The third-order valence-corrected chi connectivity index (χ3v) is 2.93. The number of nitrogens with one attached hydrogen (secondary N) is 1. The highest BCUT2D eigenvalue weighted by Gasteiger charge is 2.17. The van der Waals surface area contributed by atoms with E-state index in [1.165, 1.54) is 0 Å². The van der Waals surface area contributed by atoms with Gasteiger partial charge in [-0.15, -0.1) is 0 Å². The highest BCUT2D eigenvalue weighted by molar-refractivity contribution is 5.90. The molecule has 1 aromatic carbocycles. The molecule has 1 aromatic rings. The van der Waals surface area contributed by atoms with Crippen molar-refractivity contribution in [1.82, 2.24) is 5.32 Å². The summed E-state index contributed by atoms with van der Waals surface area (Å²) < 4.78 is 5.81. The molecule has 2 rings (SSSR count). The zero-order chi connectivity index (χ0) is 12.1. The van der Waals surface area contributed by atoms with E-state index in [4.69, 9.17) is 9.84 Å². The molecule has 92 valence electrons. The lowest BCUT2D eigenvalue weighted by atomic mass is 10.1. The van der Waals surface area contributed by atoms with Gasteiger partial charge in [-0.1, -0.05) is 12.1 Å². The van der Waals surface area contributed by atoms with Crippen LogP contribution >= 0.6 is 0 Å². The summed E-state index contributed by atoms with van der Waals surface area (Å²) >= 11 is 0. The minimum Gasteiger partial charge on any atom is -0.489 e. The second-order valence-corrected chi connectivity index (χ2v) is 4.22. The van der Waals surface area contributed by atoms with Crippen molar-refractivity contribution in [1.29, 1.82) is 0 Å². The first kappa shape index (κ1) is 11.9. The second kappa shape index (κ2) is 5.68. The summed E-state index contributed by atoms with van der Waals surface area (Å²) in [5, 5.41) is 12.4. The molecule has 0 saturated carbocycles. The molecule has 1 unspecified atom stereocenters. The number of para-hydroxylation sites is 1. The molecule has 1 atom stereocenters. The molecule has 2 N–H and O–H groups in total. The lowest BCUT2D eigenvalue weighted by Crippen LogP contribution is -2.20. The van der Waals surface area contributed by atoms with Gasteiger partial charge in [0.05, 0.1) is 6.10 Å². The number of benzene rings is 1. The van der Waals surface area contributed by atoms with Crippen LogP contribution in [0.25, 0.3) is 0 Å². The Morgan fingerprint density at radius 3 is 2.94 bits per heavy atom. The van der Waals surface area contributed by atoms with Crippen LogP contribution in [-0.4, -0.2) is 30.3 Å².